The molecule has 1 aliphatic rings. The smallest absolute Gasteiger partial charge is 0.238 e. The predicted molar refractivity (Wildman–Crippen MR) is 107 cm³/mol. The van der Waals surface area contributed by atoms with Crippen LogP contribution in [-0.4, -0.2) is 50.8 Å². The largest absolute Gasteiger partial charge is 0.497 e. The molecule has 1 fully saturated rings. The first kappa shape index (κ1) is 19.7. The van der Waals surface area contributed by atoms with Crippen LogP contribution in [0.4, 0.5) is 5.69 Å². The van der Waals surface area contributed by atoms with Crippen molar-refractivity contribution in [3.8, 4) is 11.5 Å². The lowest BCUT2D eigenvalue weighted by Crippen LogP contribution is -2.37. The number of benzene rings is 1. The minimum Gasteiger partial charge on any atom is -0.497 e. The Bertz CT molecular complexity index is 730. The highest BCUT2D eigenvalue weighted by Crippen LogP contribution is 2.29. The van der Waals surface area contributed by atoms with E-state index in [9.17, 15) is 4.79 Å². The van der Waals surface area contributed by atoms with Crippen molar-refractivity contribution < 1.29 is 19.0 Å². The van der Waals surface area contributed by atoms with Gasteiger partial charge in [0.15, 0.2) is 0 Å². The van der Waals surface area contributed by atoms with E-state index in [0.29, 0.717) is 23.7 Å². The van der Waals surface area contributed by atoms with E-state index in [0.717, 1.165) is 32.5 Å². The molecule has 1 aromatic heterocycles. The second-order valence-corrected chi connectivity index (χ2v) is 7.53. The first-order valence-electron chi connectivity index (χ1n) is 9.06. The number of carbonyl (C=O) groups excluding carboxylic acids is 1. The Kier molecular flexibility index (Phi) is 7.09. The average Bonchev–Trinajstić information content (AvgIpc) is 3.36. The molecular weight excluding hydrogens is 364 g/mol. The van der Waals surface area contributed by atoms with E-state index >= 15 is 0 Å². The van der Waals surface area contributed by atoms with E-state index in [1.807, 2.05) is 6.07 Å². The van der Waals surface area contributed by atoms with Gasteiger partial charge in [-0.3, -0.25) is 9.69 Å². The summed E-state index contributed by atoms with van der Waals surface area (Å²) in [4.78, 5) is 16.1. The Labute approximate surface area is 164 Å². The predicted octanol–water partition coefficient (Wildman–Crippen LogP) is 3.39. The van der Waals surface area contributed by atoms with Gasteiger partial charge < -0.3 is 19.5 Å². The van der Waals surface area contributed by atoms with E-state index in [1.165, 1.54) is 4.88 Å². The number of nitrogens with zero attached hydrogens (tertiary/aromatic N) is 1. The summed E-state index contributed by atoms with van der Waals surface area (Å²) in [5.74, 6) is 1.18. The fourth-order valence-electron chi connectivity index (χ4n) is 3.18. The van der Waals surface area contributed by atoms with Crippen LogP contribution in [0.25, 0.3) is 0 Å². The zero-order chi connectivity index (χ0) is 19.1. The van der Waals surface area contributed by atoms with E-state index in [-0.39, 0.29) is 12.0 Å². The van der Waals surface area contributed by atoms with Gasteiger partial charge in [0.1, 0.15) is 11.5 Å². The average molecular weight is 391 g/mol. The number of thiophene rings is 1. The molecule has 3 rings (SSSR count). The van der Waals surface area contributed by atoms with Crippen LogP contribution in [0.3, 0.4) is 0 Å². The van der Waals surface area contributed by atoms with Crippen molar-refractivity contribution in [3.05, 3.63) is 40.6 Å². The summed E-state index contributed by atoms with van der Waals surface area (Å²) >= 11 is 1.70. The standard InChI is InChI=1S/C20H26N2O4S/c1-24-15-7-8-18(19(11-15)25-2)21-20(23)14-22(12-16-5-3-9-26-16)13-17-6-4-10-27-17/h4,6-8,10-11,16H,3,5,9,12-14H2,1-2H3,(H,21,23)/t16-/m0/s1. The number of methoxy groups -OCH3 is 2. The third kappa shape index (κ3) is 5.69. The van der Waals surface area contributed by atoms with Gasteiger partial charge in [0.05, 0.1) is 32.6 Å². The molecule has 1 amide bonds. The Balaban J connectivity index is 1.64. The maximum absolute atomic E-state index is 12.7. The molecule has 6 nitrogen and oxygen atoms in total. The van der Waals surface area contributed by atoms with Crippen LogP contribution in [0.15, 0.2) is 35.7 Å². The molecule has 1 N–H and O–H groups in total. The molecule has 2 heterocycles. The van der Waals surface area contributed by atoms with Gasteiger partial charge in [-0.25, -0.2) is 0 Å². The highest BCUT2D eigenvalue weighted by atomic mass is 32.1. The van der Waals surface area contributed by atoms with Gasteiger partial charge >= 0.3 is 0 Å². The van der Waals surface area contributed by atoms with Crippen LogP contribution >= 0.6 is 11.3 Å². The number of amides is 1. The molecule has 0 bridgehead atoms. The quantitative estimate of drug-likeness (QED) is 0.711. The highest BCUT2D eigenvalue weighted by Gasteiger charge is 2.21. The lowest BCUT2D eigenvalue weighted by molar-refractivity contribution is -0.117. The summed E-state index contributed by atoms with van der Waals surface area (Å²) in [5.41, 5.74) is 0.636. The summed E-state index contributed by atoms with van der Waals surface area (Å²) in [7, 11) is 3.17. The maximum atomic E-state index is 12.7. The molecule has 0 spiro atoms. The molecule has 7 heteroatoms. The SMILES string of the molecule is COc1ccc(NC(=O)CN(Cc2cccs2)C[C@@H]2CCCO2)c(OC)c1. The molecule has 2 aromatic rings. The number of anilines is 1. The number of rotatable bonds is 9. The van der Waals surface area contributed by atoms with Gasteiger partial charge in [-0.05, 0) is 36.4 Å². The number of nitrogens with one attached hydrogen (secondary N) is 1. The van der Waals surface area contributed by atoms with Gasteiger partial charge in [-0.15, -0.1) is 11.3 Å². The van der Waals surface area contributed by atoms with Crippen molar-refractivity contribution in [1.82, 2.24) is 4.90 Å². The molecule has 27 heavy (non-hydrogen) atoms. The van der Waals surface area contributed by atoms with Crippen molar-refractivity contribution >= 4 is 22.9 Å². The van der Waals surface area contributed by atoms with Gasteiger partial charge in [0.25, 0.3) is 0 Å². The third-order valence-electron chi connectivity index (χ3n) is 4.50. The summed E-state index contributed by atoms with van der Waals surface area (Å²) in [6.07, 6.45) is 2.34. The van der Waals surface area contributed by atoms with Crippen molar-refractivity contribution in [2.45, 2.75) is 25.5 Å². The van der Waals surface area contributed by atoms with Gasteiger partial charge in [0, 0.05) is 30.6 Å². The minimum atomic E-state index is -0.0759. The van der Waals surface area contributed by atoms with Crippen LogP contribution in [-0.2, 0) is 16.1 Å². The lowest BCUT2D eigenvalue weighted by Gasteiger charge is -2.24. The maximum Gasteiger partial charge on any atom is 0.238 e. The van der Waals surface area contributed by atoms with Crippen LogP contribution in [0.1, 0.15) is 17.7 Å². The molecule has 1 aromatic carbocycles. The van der Waals surface area contributed by atoms with E-state index < -0.39 is 0 Å². The Hall–Kier alpha value is -2.09. The lowest BCUT2D eigenvalue weighted by atomic mass is 10.2. The van der Waals surface area contributed by atoms with Crippen LogP contribution < -0.4 is 14.8 Å². The number of hydrogen-bond acceptors (Lipinski definition) is 6. The fourth-order valence-corrected chi connectivity index (χ4v) is 3.93. The van der Waals surface area contributed by atoms with E-state index in [1.54, 1.807) is 43.8 Å². The number of hydrogen-bond donors (Lipinski definition) is 1. The molecule has 0 unspecified atom stereocenters. The molecular formula is C20H26N2O4S. The molecule has 0 radical (unpaired) electrons. The zero-order valence-corrected chi connectivity index (χ0v) is 16.6. The Morgan fingerprint density at radius 3 is 2.89 bits per heavy atom. The Morgan fingerprint density at radius 2 is 2.22 bits per heavy atom. The van der Waals surface area contributed by atoms with Crippen molar-refractivity contribution in [1.29, 1.82) is 0 Å². The van der Waals surface area contributed by atoms with Gasteiger partial charge in [0.2, 0.25) is 5.91 Å². The molecule has 0 saturated carbocycles. The number of carbonyl (C=O) groups is 1. The van der Waals surface area contributed by atoms with Crippen LogP contribution in [0.5, 0.6) is 11.5 Å². The first-order valence-corrected chi connectivity index (χ1v) is 9.94. The molecule has 0 aliphatic carbocycles. The second kappa shape index (κ2) is 9.73. The van der Waals surface area contributed by atoms with Gasteiger partial charge in [-0.1, -0.05) is 6.07 Å². The van der Waals surface area contributed by atoms with Crippen LogP contribution in [0, 0.1) is 0 Å². The zero-order valence-electron chi connectivity index (χ0n) is 15.8. The molecule has 1 atom stereocenters. The van der Waals surface area contributed by atoms with Crippen molar-refractivity contribution in [2.24, 2.45) is 0 Å². The van der Waals surface area contributed by atoms with E-state index in [4.69, 9.17) is 14.2 Å². The third-order valence-corrected chi connectivity index (χ3v) is 5.36. The summed E-state index contributed by atoms with van der Waals surface area (Å²) < 4.78 is 16.3. The summed E-state index contributed by atoms with van der Waals surface area (Å²) in [5, 5.41) is 5.01. The summed E-state index contributed by atoms with van der Waals surface area (Å²) in [6, 6.07) is 9.47. The molecule has 1 saturated heterocycles. The van der Waals surface area contributed by atoms with Gasteiger partial charge in [-0.2, -0.15) is 0 Å². The minimum absolute atomic E-state index is 0.0759. The highest BCUT2D eigenvalue weighted by molar-refractivity contribution is 7.09. The fraction of sp³-hybridized carbons (Fsp3) is 0.450. The topological polar surface area (TPSA) is 60.0 Å². The van der Waals surface area contributed by atoms with Crippen LogP contribution in [0.2, 0.25) is 0 Å². The first-order chi connectivity index (χ1) is 13.2. The monoisotopic (exact) mass is 390 g/mol. The number of ether oxygens (including phenoxy) is 3. The normalized spacial score (nSPS) is 16.5. The van der Waals surface area contributed by atoms with E-state index in [2.05, 4.69) is 21.7 Å². The molecule has 146 valence electrons. The van der Waals surface area contributed by atoms with Crippen molar-refractivity contribution in [2.75, 3.05) is 39.2 Å². The second-order valence-electron chi connectivity index (χ2n) is 6.50. The van der Waals surface area contributed by atoms with Crippen molar-refractivity contribution in [3.63, 3.8) is 0 Å². The summed E-state index contributed by atoms with van der Waals surface area (Å²) in [6.45, 7) is 2.61. The Morgan fingerprint density at radius 1 is 1.33 bits per heavy atom. The molecule has 1 aliphatic heterocycles.